The molecule has 0 aromatic carbocycles. The average Bonchev–Trinajstić information content (AvgIpc) is 3.93. The van der Waals surface area contributed by atoms with Crippen LogP contribution in [0, 0.1) is 50.7 Å². The van der Waals surface area contributed by atoms with Gasteiger partial charge in [0.1, 0.15) is 24.2 Å². The predicted octanol–water partition coefficient (Wildman–Crippen LogP) is 5.73. The lowest BCUT2D eigenvalue weighted by Crippen LogP contribution is -2.67. The van der Waals surface area contributed by atoms with Crippen molar-refractivity contribution in [1.82, 2.24) is 0 Å². The summed E-state index contributed by atoms with van der Waals surface area (Å²) in [5.74, 6) is -1.33. The molecule has 0 N–H and O–H groups in total. The van der Waals surface area contributed by atoms with Crippen LogP contribution in [0.1, 0.15) is 71.0 Å². The number of hydrogen-bond donors (Lipinski definition) is 0. The third-order valence-electron chi connectivity index (χ3n) is 16.1. The van der Waals surface area contributed by atoms with Crippen molar-refractivity contribution in [2.24, 2.45) is 50.7 Å². The summed E-state index contributed by atoms with van der Waals surface area (Å²) in [7, 11) is 0. The number of cyclic esters (lactones) is 3. The first-order valence-corrected chi connectivity index (χ1v) is 18.2. The van der Waals surface area contributed by atoms with Crippen LogP contribution in [-0.4, -0.2) is 55.0 Å². The Morgan fingerprint density at radius 3 is 2.61 bits per heavy atom. The minimum absolute atomic E-state index is 0.0209. The van der Waals surface area contributed by atoms with Gasteiger partial charge in [-0.25, -0.2) is 0 Å². The van der Waals surface area contributed by atoms with Crippen molar-refractivity contribution in [1.29, 1.82) is 0 Å². The van der Waals surface area contributed by atoms with Gasteiger partial charge in [-0.3, -0.25) is 14.4 Å². The highest BCUT2D eigenvalue weighted by molar-refractivity contribution is 5.86. The number of ether oxygens (including phenoxy) is 5. The Balaban J connectivity index is 0.982. The molecule has 3 spiro atoms. The maximum atomic E-state index is 14.5. The zero-order valence-electron chi connectivity index (χ0n) is 28.1. The van der Waals surface area contributed by atoms with E-state index >= 15 is 0 Å². The molecule has 6 aliphatic heterocycles. The summed E-state index contributed by atoms with van der Waals surface area (Å²) in [4.78, 5) is 41.4. The second kappa shape index (κ2) is 8.89. The minimum atomic E-state index is -0.916. The summed E-state index contributed by atoms with van der Waals surface area (Å²) in [6.45, 7) is 7.45. The molecule has 9 heteroatoms. The zero-order chi connectivity index (χ0) is 33.3. The lowest BCUT2D eigenvalue weighted by Gasteiger charge is -2.62. The smallest absolute Gasteiger partial charge is 0.316 e. The second-order valence-corrected chi connectivity index (χ2v) is 17.5. The summed E-state index contributed by atoms with van der Waals surface area (Å²) in [6.07, 6.45) is 19.1. The normalized spacial score (nSPS) is 54.0. The quantitative estimate of drug-likeness (QED) is 0.222. The summed E-state index contributed by atoms with van der Waals surface area (Å²) in [5, 5.41) is 0. The lowest BCUT2D eigenvalue weighted by atomic mass is 9.38. The van der Waals surface area contributed by atoms with E-state index in [1.807, 2.05) is 18.2 Å². The van der Waals surface area contributed by atoms with Gasteiger partial charge < -0.3 is 28.1 Å². The highest BCUT2D eigenvalue weighted by Crippen LogP contribution is 2.78. The largest absolute Gasteiger partial charge is 0.472 e. The van der Waals surface area contributed by atoms with Crippen molar-refractivity contribution >= 4 is 17.9 Å². The number of fused-ring (bicyclic) bond motifs is 7. The van der Waals surface area contributed by atoms with Crippen LogP contribution in [0.4, 0.5) is 0 Å². The van der Waals surface area contributed by atoms with Crippen LogP contribution in [0.5, 0.6) is 0 Å². The first kappa shape index (κ1) is 29.3. The van der Waals surface area contributed by atoms with Crippen LogP contribution in [0.25, 0.3) is 0 Å². The van der Waals surface area contributed by atoms with Crippen LogP contribution in [0.15, 0.2) is 70.6 Å². The Labute approximate surface area is 285 Å². The maximum absolute atomic E-state index is 14.5. The Morgan fingerprint density at radius 2 is 1.78 bits per heavy atom. The van der Waals surface area contributed by atoms with E-state index in [0.717, 1.165) is 36.0 Å². The number of rotatable bonds is 2. The summed E-state index contributed by atoms with van der Waals surface area (Å²) >= 11 is 0. The van der Waals surface area contributed by atoms with E-state index in [-0.39, 0.29) is 59.2 Å². The molecule has 2 bridgehead atoms. The molecule has 9 nitrogen and oxygen atoms in total. The molecular formula is C40H42O9. The highest BCUT2D eigenvalue weighted by Gasteiger charge is 2.83. The Kier molecular flexibility index (Phi) is 5.32. The van der Waals surface area contributed by atoms with Crippen molar-refractivity contribution in [3.63, 3.8) is 0 Å². The summed E-state index contributed by atoms with van der Waals surface area (Å²) in [5.41, 5.74) is 0.0575. The molecule has 1 aromatic rings. The van der Waals surface area contributed by atoms with Crippen LogP contribution in [0.3, 0.4) is 0 Å². The molecular weight excluding hydrogens is 624 g/mol. The van der Waals surface area contributed by atoms with Crippen molar-refractivity contribution in [2.75, 3.05) is 13.2 Å². The van der Waals surface area contributed by atoms with Gasteiger partial charge in [0.15, 0.2) is 0 Å². The van der Waals surface area contributed by atoms with E-state index in [9.17, 15) is 14.4 Å². The van der Waals surface area contributed by atoms with Crippen molar-refractivity contribution < 1.29 is 42.5 Å². The van der Waals surface area contributed by atoms with E-state index in [1.54, 1.807) is 12.5 Å². The Bertz CT molecular complexity index is 1850. The number of hydrogen-bond acceptors (Lipinski definition) is 9. The molecule has 5 saturated heterocycles. The third-order valence-corrected chi connectivity index (χ3v) is 16.1. The molecule has 10 aliphatic rings. The van der Waals surface area contributed by atoms with Crippen molar-refractivity contribution in [2.45, 2.75) is 89.3 Å². The molecule has 0 unspecified atom stereocenters. The fraction of sp³-hybridized carbons (Fsp3) is 0.625. The summed E-state index contributed by atoms with van der Waals surface area (Å²) in [6, 6.07) is 1.99. The molecule has 0 radical (unpaired) electrons. The predicted molar refractivity (Wildman–Crippen MR) is 171 cm³/mol. The first-order chi connectivity index (χ1) is 23.5. The van der Waals surface area contributed by atoms with Crippen LogP contribution in [0.2, 0.25) is 0 Å². The first-order valence-electron chi connectivity index (χ1n) is 18.2. The second-order valence-electron chi connectivity index (χ2n) is 17.5. The maximum Gasteiger partial charge on any atom is 0.316 e. The van der Waals surface area contributed by atoms with Gasteiger partial charge in [0.2, 0.25) is 0 Å². The van der Waals surface area contributed by atoms with E-state index in [0.29, 0.717) is 32.5 Å². The molecule has 14 atom stereocenters. The molecule has 2 saturated carbocycles. The number of furan rings is 1. The SMILES string of the molecule is C[C@@]12CC[C@@]34COC(=O)[C@@]35[C@@H]3O[C@@H](C=C3[C@H]3C[C@]6(C)C7=CC=C[C@H]8C(=O)OC[C@@]78CC[C@@H]6C(=O)O3)[C@H]5C=C[C@@H]4[C@@]1(C)C[C@@H](c1ccoc1)O2. The lowest BCUT2D eigenvalue weighted by molar-refractivity contribution is -0.185. The monoisotopic (exact) mass is 666 g/mol. The van der Waals surface area contributed by atoms with Gasteiger partial charge in [-0.2, -0.15) is 0 Å². The van der Waals surface area contributed by atoms with E-state index in [2.05, 4.69) is 45.1 Å². The fourth-order valence-electron chi connectivity index (χ4n) is 13.6. The molecule has 7 fully saturated rings. The van der Waals surface area contributed by atoms with Crippen molar-refractivity contribution in [3.8, 4) is 0 Å². The third kappa shape index (κ3) is 3.06. The Morgan fingerprint density at radius 1 is 0.898 bits per heavy atom. The van der Waals surface area contributed by atoms with Gasteiger partial charge >= 0.3 is 17.9 Å². The molecule has 49 heavy (non-hydrogen) atoms. The topological polar surface area (TPSA) is 111 Å². The van der Waals surface area contributed by atoms with Gasteiger partial charge in [-0.05, 0) is 69.1 Å². The van der Waals surface area contributed by atoms with Crippen LogP contribution < -0.4 is 0 Å². The number of carbonyl (C=O) groups excluding carboxylic acids is 3. The average molecular weight is 667 g/mol. The fourth-order valence-corrected chi connectivity index (χ4v) is 13.6. The van der Waals surface area contributed by atoms with Gasteiger partial charge in [0.25, 0.3) is 0 Å². The number of carbonyl (C=O) groups is 3. The number of esters is 3. The number of allylic oxidation sites excluding steroid dienone is 3. The van der Waals surface area contributed by atoms with Gasteiger partial charge in [0.05, 0.1) is 48.8 Å². The molecule has 256 valence electrons. The molecule has 4 aliphatic carbocycles. The molecule has 1 aromatic heterocycles. The summed E-state index contributed by atoms with van der Waals surface area (Å²) < 4.78 is 37.5. The Hall–Kier alpha value is -3.43. The molecule has 0 amide bonds. The van der Waals surface area contributed by atoms with Crippen LogP contribution >= 0.6 is 0 Å². The van der Waals surface area contributed by atoms with Gasteiger partial charge in [0, 0.05) is 33.1 Å². The van der Waals surface area contributed by atoms with Crippen LogP contribution in [-0.2, 0) is 38.1 Å². The van der Waals surface area contributed by atoms with E-state index < -0.39 is 39.5 Å². The highest BCUT2D eigenvalue weighted by atomic mass is 16.6. The minimum Gasteiger partial charge on any atom is -0.472 e. The van der Waals surface area contributed by atoms with E-state index in [1.165, 1.54) is 0 Å². The van der Waals surface area contributed by atoms with Gasteiger partial charge in [-0.1, -0.05) is 49.8 Å². The van der Waals surface area contributed by atoms with Crippen molar-refractivity contribution in [3.05, 3.63) is 71.8 Å². The molecule has 11 rings (SSSR count). The zero-order valence-corrected chi connectivity index (χ0v) is 28.1. The van der Waals surface area contributed by atoms with E-state index in [4.69, 9.17) is 28.1 Å². The van der Waals surface area contributed by atoms with Gasteiger partial charge in [-0.15, -0.1) is 0 Å². The standard InChI is InChI=1S/C40H42O9/c1-35-16-28(48-33(42)24(35)9-11-38-19-45-32(41)25(38)5-4-6-29(35)38)22-15-26-23-7-8-30-36(2)17-27(21-10-14-44-18-21)49-37(36,3)12-13-39(30)20-46-34(43)40(23,39)31(22)47-26/h4-8,10,14-15,18,23-28,30-31H,9,11-13,16-17,19-20H2,1-3H3/t23-,24-,25+,26+,27+,28-,30-,31-,35+,36-,37-,38-,39+,40-/m1/s1. The molecule has 7 heterocycles.